The molecule has 0 amide bonds. The van der Waals surface area contributed by atoms with Crippen molar-refractivity contribution in [2.75, 3.05) is 0 Å². The first kappa shape index (κ1) is 8.21. The molecule has 5 heteroatoms. The van der Waals surface area contributed by atoms with Crippen molar-refractivity contribution in [2.45, 2.75) is 12.6 Å². The molecule has 1 atom stereocenters. The molecule has 4 nitrogen and oxygen atoms in total. The van der Waals surface area contributed by atoms with Crippen molar-refractivity contribution in [3.63, 3.8) is 0 Å². The second-order valence-corrected chi connectivity index (χ2v) is 1.85. The topological polar surface area (TPSA) is 52.2 Å². The third-order valence-electron chi connectivity index (χ3n) is 1.02. The second-order valence-electron chi connectivity index (χ2n) is 1.85. The lowest BCUT2D eigenvalue weighted by Gasteiger charge is -1.96. The van der Waals surface area contributed by atoms with Gasteiger partial charge in [-0.15, -0.1) is 0 Å². The molecule has 1 heterocycles. The fourth-order valence-electron chi connectivity index (χ4n) is 0.492. The molecular weight excluding hydrogens is 140 g/mol. The first-order chi connectivity index (χ1) is 3.77. The van der Waals surface area contributed by atoms with Crippen molar-refractivity contribution >= 4 is 0 Å². The van der Waals surface area contributed by atoms with Crippen LogP contribution < -0.4 is 23.3 Å². The summed E-state index contributed by atoms with van der Waals surface area (Å²) in [6.45, 7) is 1.74. The van der Waals surface area contributed by atoms with E-state index in [2.05, 4.69) is 15.8 Å². The maximum Gasteiger partial charge on any atom is 0.410 e. The van der Waals surface area contributed by atoms with Crippen LogP contribution in [-0.4, -0.2) is 5.66 Å². The van der Waals surface area contributed by atoms with Crippen LogP contribution in [0.25, 0.3) is 4.98 Å². The summed E-state index contributed by atoms with van der Waals surface area (Å²) in [4.78, 5) is 3.06. The van der Waals surface area contributed by atoms with Crippen LogP contribution in [0.1, 0.15) is 6.92 Å². The van der Waals surface area contributed by atoms with Crippen LogP contribution >= 0.6 is 0 Å². The molecule has 50 valence electrons. The van der Waals surface area contributed by atoms with Crippen LogP contribution in [0.4, 0.5) is 0 Å². The van der Waals surface area contributed by atoms with Gasteiger partial charge in [0.25, 0.3) is 0 Å². The highest BCUT2D eigenvalue weighted by atomic mass is 35.5. The molecule has 0 bridgehead atoms. The highest BCUT2D eigenvalue weighted by Gasteiger charge is 2.37. The summed E-state index contributed by atoms with van der Waals surface area (Å²) in [5, 5.41) is 8.30. The Morgan fingerprint density at radius 1 is 1.67 bits per heavy atom. The van der Waals surface area contributed by atoms with Gasteiger partial charge >= 0.3 is 5.66 Å². The van der Waals surface area contributed by atoms with E-state index in [0.29, 0.717) is 0 Å². The molecule has 1 aliphatic rings. The van der Waals surface area contributed by atoms with E-state index in [-0.39, 0.29) is 12.4 Å². The van der Waals surface area contributed by atoms with Crippen LogP contribution in [0.2, 0.25) is 0 Å². The summed E-state index contributed by atoms with van der Waals surface area (Å²) in [6.07, 6.45) is 3.40. The van der Waals surface area contributed by atoms with Gasteiger partial charge in [0.05, 0.1) is 0 Å². The summed E-state index contributed by atoms with van der Waals surface area (Å²) < 4.78 is 0. The zero-order valence-electron chi connectivity index (χ0n) is 4.93. The number of halogens is 1. The molecule has 0 fully saturated rings. The Bertz CT molecular complexity index is 160. The number of hydrogen-bond donors (Lipinski definition) is 2. The van der Waals surface area contributed by atoms with E-state index < -0.39 is 5.66 Å². The summed E-state index contributed by atoms with van der Waals surface area (Å²) in [6, 6.07) is 0. The van der Waals surface area contributed by atoms with E-state index in [1.165, 1.54) is 0 Å². The Morgan fingerprint density at radius 2 is 2.33 bits per heavy atom. The number of hydrogen-bond acceptors (Lipinski definition) is 3. The minimum atomic E-state index is -0.625. The number of hydrazine groups is 1. The monoisotopic (exact) mass is 146 g/mol. The Balaban J connectivity index is 0.000000640. The lowest BCUT2D eigenvalue weighted by atomic mass is 10.2. The van der Waals surface area contributed by atoms with E-state index in [1.807, 2.05) is 0 Å². The van der Waals surface area contributed by atoms with Gasteiger partial charge in [-0.1, -0.05) is 0 Å². The van der Waals surface area contributed by atoms with E-state index in [1.54, 1.807) is 19.2 Å². The normalized spacial score (nSPS) is 30.2. The van der Waals surface area contributed by atoms with Crippen LogP contribution in [-0.2, 0) is 0 Å². The summed E-state index contributed by atoms with van der Waals surface area (Å²) in [5.74, 6) is 0. The van der Waals surface area contributed by atoms with Gasteiger partial charge in [0, 0.05) is 19.2 Å². The smallest absolute Gasteiger partial charge is 0.410 e. The zero-order chi connectivity index (χ0) is 6.04. The quantitative estimate of drug-likeness (QED) is 0.363. The first-order valence-corrected chi connectivity index (χ1v) is 2.33. The van der Waals surface area contributed by atoms with Crippen LogP contribution in [0.15, 0.2) is 12.3 Å². The van der Waals surface area contributed by atoms with Gasteiger partial charge in [-0.3, -0.25) is 0 Å². The molecule has 0 radical (unpaired) electrons. The van der Waals surface area contributed by atoms with Crippen molar-refractivity contribution in [3.8, 4) is 0 Å². The summed E-state index contributed by atoms with van der Waals surface area (Å²) in [5.41, 5.74) is 4.76. The largest absolute Gasteiger partial charge is 1.00 e. The maximum absolute atomic E-state index is 8.30. The van der Waals surface area contributed by atoms with Gasteiger partial charge in [-0.2, -0.15) is 5.43 Å². The lowest BCUT2D eigenvalue weighted by molar-refractivity contribution is -0.00000216. The van der Waals surface area contributed by atoms with Crippen molar-refractivity contribution in [1.29, 1.82) is 5.39 Å². The molecule has 0 saturated heterocycles. The molecule has 1 rings (SSSR count). The van der Waals surface area contributed by atoms with Crippen LogP contribution in [0.5, 0.6) is 0 Å². The predicted molar refractivity (Wildman–Crippen MR) is 28.9 cm³/mol. The second kappa shape index (κ2) is 2.67. The average molecular weight is 147 g/mol. The molecule has 0 aromatic heterocycles. The van der Waals surface area contributed by atoms with Gasteiger partial charge in [-0.05, 0) is 0 Å². The molecule has 1 aliphatic heterocycles. The van der Waals surface area contributed by atoms with Crippen molar-refractivity contribution < 1.29 is 12.4 Å². The molecule has 1 unspecified atom stereocenters. The Kier molecular flexibility index (Phi) is 2.43. The molecule has 9 heavy (non-hydrogen) atoms. The standard InChI is InChI=1S/C4H6N4.ClH/c1-4(7-5)2-3-6-8-4;/h2-3,5H,1H3;1H. The number of diazo groups is 1. The average Bonchev–Trinajstić information content (AvgIpc) is 2.17. The molecule has 0 aliphatic carbocycles. The third kappa shape index (κ3) is 1.56. The molecule has 0 spiro atoms. The summed E-state index contributed by atoms with van der Waals surface area (Å²) >= 11 is 0. The van der Waals surface area contributed by atoms with Crippen molar-refractivity contribution in [2.24, 2.45) is 0 Å². The van der Waals surface area contributed by atoms with Crippen LogP contribution in [0.3, 0.4) is 0 Å². The van der Waals surface area contributed by atoms with Crippen molar-refractivity contribution in [3.05, 3.63) is 17.3 Å². The van der Waals surface area contributed by atoms with E-state index in [9.17, 15) is 0 Å². The van der Waals surface area contributed by atoms with Gasteiger partial charge in [0.15, 0.2) is 0 Å². The van der Waals surface area contributed by atoms with Gasteiger partial charge in [0.1, 0.15) is 4.98 Å². The molecule has 0 saturated carbocycles. The number of rotatable bonds is 0. The fourth-order valence-corrected chi connectivity index (χ4v) is 0.492. The van der Waals surface area contributed by atoms with E-state index in [0.717, 1.165) is 0 Å². The minimum absolute atomic E-state index is 0. The number of nitrogens with one attached hydrogen (secondary N) is 2. The zero-order valence-corrected chi connectivity index (χ0v) is 5.68. The Morgan fingerprint density at radius 3 is 2.56 bits per heavy atom. The third-order valence-corrected chi connectivity index (χ3v) is 1.02. The van der Waals surface area contributed by atoms with Crippen molar-refractivity contribution in [1.82, 2.24) is 10.9 Å². The minimum Gasteiger partial charge on any atom is -1.00 e. The summed E-state index contributed by atoms with van der Waals surface area (Å²) in [7, 11) is 0. The maximum atomic E-state index is 8.30. The molecule has 2 N–H and O–H groups in total. The molecular formula is C4H7ClN4. The Labute approximate surface area is 59.3 Å². The predicted octanol–water partition coefficient (Wildman–Crippen LogP) is -2.82. The molecule has 0 aromatic rings. The SMILES string of the molecule is CC1([N+]#N)C=CNN1.[Cl-]. The Hall–Kier alpha value is -0.790. The van der Waals surface area contributed by atoms with E-state index in [4.69, 9.17) is 5.39 Å². The first-order valence-electron chi connectivity index (χ1n) is 2.33. The van der Waals surface area contributed by atoms with E-state index >= 15 is 0 Å². The van der Waals surface area contributed by atoms with Gasteiger partial charge < -0.3 is 17.8 Å². The molecule has 0 aromatic carbocycles. The van der Waals surface area contributed by atoms with Gasteiger partial charge in [-0.25, -0.2) is 0 Å². The highest BCUT2D eigenvalue weighted by molar-refractivity contribution is 5.11. The number of nitrogens with zero attached hydrogens (tertiary/aromatic N) is 2. The van der Waals surface area contributed by atoms with Crippen LogP contribution in [0, 0.1) is 5.39 Å². The van der Waals surface area contributed by atoms with Gasteiger partial charge in [0.2, 0.25) is 5.39 Å². The fraction of sp³-hybridized carbons (Fsp3) is 0.500. The lowest BCUT2D eigenvalue weighted by Crippen LogP contribution is -3.00. The highest BCUT2D eigenvalue weighted by Crippen LogP contribution is 2.08.